The van der Waals surface area contributed by atoms with E-state index in [2.05, 4.69) is 16.1 Å². The first-order valence-electron chi connectivity index (χ1n) is 3.89. The molecule has 0 aliphatic carbocycles. The molecule has 0 unspecified atom stereocenters. The summed E-state index contributed by atoms with van der Waals surface area (Å²) in [5.74, 6) is -0.406. The van der Waals surface area contributed by atoms with Crippen LogP contribution in [0.2, 0.25) is 0 Å². The average Bonchev–Trinajstić information content (AvgIpc) is 2.18. The van der Waals surface area contributed by atoms with Crippen molar-refractivity contribution in [1.82, 2.24) is 3.45 Å². The van der Waals surface area contributed by atoms with E-state index in [9.17, 15) is 4.79 Å². The number of nitrogens with two attached hydrogens (primary N) is 1. The molecule has 0 saturated heterocycles. The number of carbonyl (C=O) groups is 1. The monoisotopic (exact) mass is 290 g/mol. The highest BCUT2D eigenvalue weighted by Crippen LogP contribution is 2.17. The van der Waals surface area contributed by atoms with Gasteiger partial charge in [0.05, 0.1) is 21.8 Å². The maximum absolute atomic E-state index is 11.5. The Balaban J connectivity index is 3.05. The molecule has 2 amide bonds. The highest BCUT2D eigenvalue weighted by atomic mass is 79.9. The van der Waals surface area contributed by atoms with Gasteiger partial charge in [-0.15, -0.1) is 0 Å². The number of amides is 2. The number of nitrogens with zero attached hydrogens (tertiary/aromatic N) is 2. The fraction of sp³-hybridized carbons (Fsp3) is 0. The lowest BCUT2D eigenvalue weighted by molar-refractivity contribution is 0.246. The van der Waals surface area contributed by atoms with E-state index < -0.39 is 12.0 Å². The van der Waals surface area contributed by atoms with Gasteiger partial charge in [0.15, 0.2) is 0 Å². The van der Waals surface area contributed by atoms with Crippen molar-refractivity contribution in [2.24, 2.45) is 5.73 Å². The van der Waals surface area contributed by atoms with E-state index in [1.165, 1.54) is 0 Å². The summed E-state index contributed by atoms with van der Waals surface area (Å²) in [6, 6.07) is 7.88. The van der Waals surface area contributed by atoms with Gasteiger partial charge < -0.3 is 5.73 Å². The van der Waals surface area contributed by atoms with E-state index in [0.717, 1.165) is 4.90 Å². The zero-order chi connectivity index (χ0) is 11.4. The van der Waals surface area contributed by atoms with Gasteiger partial charge in [0, 0.05) is 11.8 Å². The Morgan fingerprint density at radius 2 is 1.93 bits per heavy atom. The van der Waals surface area contributed by atoms with Gasteiger partial charge in [-0.25, -0.2) is 9.69 Å². The predicted molar refractivity (Wildman–Crippen MR) is 62.9 cm³/mol. The smallest absolute Gasteiger partial charge is 0.356 e. The molecular formula is C8H8BrClN4O. The van der Waals surface area contributed by atoms with Crippen LogP contribution in [-0.4, -0.2) is 15.4 Å². The van der Waals surface area contributed by atoms with Crippen molar-refractivity contribution in [3.05, 3.63) is 30.3 Å². The molecule has 1 rings (SSSR count). The summed E-state index contributed by atoms with van der Waals surface area (Å²) in [6.07, 6.45) is 0. The summed E-state index contributed by atoms with van der Waals surface area (Å²) in [5.41, 5.74) is 5.76. The molecule has 0 atom stereocenters. The third-order valence-corrected chi connectivity index (χ3v) is 2.04. The SMILES string of the molecule is N=C(N)N(C(=O)N(Cl)Br)c1ccccc1. The molecule has 15 heavy (non-hydrogen) atoms. The molecule has 0 spiro atoms. The molecule has 0 aliphatic rings. The van der Waals surface area contributed by atoms with E-state index in [-0.39, 0.29) is 0 Å². The van der Waals surface area contributed by atoms with Crippen LogP contribution in [0.25, 0.3) is 0 Å². The van der Waals surface area contributed by atoms with Gasteiger partial charge in [-0.3, -0.25) is 5.41 Å². The summed E-state index contributed by atoms with van der Waals surface area (Å²) < 4.78 is 0.654. The van der Waals surface area contributed by atoms with Crippen molar-refractivity contribution in [2.45, 2.75) is 0 Å². The van der Waals surface area contributed by atoms with Crippen LogP contribution in [0.5, 0.6) is 0 Å². The average molecular weight is 292 g/mol. The van der Waals surface area contributed by atoms with E-state index in [0.29, 0.717) is 9.13 Å². The Hall–Kier alpha value is -1.27. The molecule has 1 aromatic carbocycles. The maximum Gasteiger partial charge on any atom is 0.356 e. The minimum absolute atomic E-state index is 0.406. The Kier molecular flexibility index (Phi) is 3.93. The number of hydrogen-bond donors (Lipinski definition) is 2. The third kappa shape index (κ3) is 2.84. The van der Waals surface area contributed by atoms with Gasteiger partial charge in [0.25, 0.3) is 0 Å². The molecule has 0 heterocycles. The number of hydrogen-bond acceptors (Lipinski definition) is 2. The molecule has 80 valence electrons. The van der Waals surface area contributed by atoms with Crippen molar-refractivity contribution in [3.8, 4) is 0 Å². The van der Waals surface area contributed by atoms with E-state index in [4.69, 9.17) is 22.9 Å². The number of para-hydroxylation sites is 1. The van der Waals surface area contributed by atoms with Crippen LogP contribution in [-0.2, 0) is 0 Å². The number of urea groups is 1. The fourth-order valence-corrected chi connectivity index (χ4v) is 1.24. The maximum atomic E-state index is 11.5. The van der Waals surface area contributed by atoms with Gasteiger partial charge >= 0.3 is 6.03 Å². The number of benzene rings is 1. The van der Waals surface area contributed by atoms with E-state index in [1.54, 1.807) is 30.3 Å². The van der Waals surface area contributed by atoms with E-state index in [1.807, 2.05) is 0 Å². The number of carbonyl (C=O) groups excluding carboxylic acids is 1. The van der Waals surface area contributed by atoms with Gasteiger partial charge in [-0.05, 0) is 12.1 Å². The minimum Gasteiger partial charge on any atom is -0.369 e. The summed E-state index contributed by atoms with van der Waals surface area (Å²) in [7, 11) is 0. The van der Waals surface area contributed by atoms with Crippen molar-refractivity contribution >= 4 is 45.6 Å². The highest BCUT2D eigenvalue weighted by Gasteiger charge is 2.22. The Morgan fingerprint density at radius 3 is 2.33 bits per heavy atom. The Morgan fingerprint density at radius 1 is 1.40 bits per heavy atom. The van der Waals surface area contributed by atoms with Crippen LogP contribution in [0.15, 0.2) is 30.3 Å². The van der Waals surface area contributed by atoms with Crippen LogP contribution in [0.4, 0.5) is 10.5 Å². The number of anilines is 1. The fourth-order valence-electron chi connectivity index (χ4n) is 1.01. The summed E-state index contributed by atoms with van der Waals surface area (Å²) >= 11 is 8.18. The van der Waals surface area contributed by atoms with Crippen LogP contribution >= 0.6 is 27.9 Å². The Labute approximate surface area is 100 Å². The highest BCUT2D eigenvalue weighted by molar-refractivity contribution is 9.08. The van der Waals surface area contributed by atoms with Crippen LogP contribution in [0.1, 0.15) is 0 Å². The van der Waals surface area contributed by atoms with Gasteiger partial charge in [-0.2, -0.15) is 3.45 Å². The second kappa shape index (κ2) is 4.99. The molecule has 0 aliphatic heterocycles. The molecule has 7 heteroatoms. The summed E-state index contributed by atoms with van der Waals surface area (Å²) in [4.78, 5) is 12.5. The lowest BCUT2D eigenvalue weighted by Crippen LogP contribution is -2.43. The molecule has 5 nitrogen and oxygen atoms in total. The quantitative estimate of drug-likeness (QED) is 0.473. The van der Waals surface area contributed by atoms with Gasteiger partial charge in [0.1, 0.15) is 0 Å². The molecule has 0 bridgehead atoms. The largest absolute Gasteiger partial charge is 0.369 e. The van der Waals surface area contributed by atoms with Crippen molar-refractivity contribution in [3.63, 3.8) is 0 Å². The number of halogens is 2. The van der Waals surface area contributed by atoms with E-state index >= 15 is 0 Å². The lowest BCUT2D eigenvalue weighted by Gasteiger charge is -2.21. The molecule has 1 aromatic rings. The van der Waals surface area contributed by atoms with Crippen molar-refractivity contribution in [2.75, 3.05) is 4.90 Å². The molecule has 0 radical (unpaired) electrons. The third-order valence-electron chi connectivity index (χ3n) is 1.59. The van der Waals surface area contributed by atoms with Crippen molar-refractivity contribution < 1.29 is 4.79 Å². The minimum atomic E-state index is -0.657. The van der Waals surface area contributed by atoms with Gasteiger partial charge in [0.2, 0.25) is 5.96 Å². The standard InChI is InChI=1S/C8H8BrClN4O/c9-14(10)8(15)13(7(11)12)6-4-2-1-3-5-6/h1-5H,(H3,11,12). The second-order valence-corrected chi connectivity index (χ2v) is 4.03. The van der Waals surface area contributed by atoms with Gasteiger partial charge in [-0.1, -0.05) is 18.2 Å². The number of guanidine groups is 1. The zero-order valence-electron chi connectivity index (χ0n) is 7.52. The first kappa shape index (κ1) is 11.8. The molecular weight excluding hydrogens is 283 g/mol. The Bertz CT molecular complexity index is 370. The first-order valence-corrected chi connectivity index (χ1v) is 4.93. The normalized spacial score (nSPS) is 9.47. The van der Waals surface area contributed by atoms with Crippen LogP contribution in [0, 0.1) is 5.41 Å². The first-order chi connectivity index (χ1) is 7.04. The molecule has 0 aromatic heterocycles. The predicted octanol–water partition coefficient (Wildman–Crippen LogP) is 2.27. The van der Waals surface area contributed by atoms with Crippen LogP contribution in [0.3, 0.4) is 0 Å². The molecule has 3 N–H and O–H groups in total. The zero-order valence-corrected chi connectivity index (χ0v) is 9.86. The number of rotatable bonds is 1. The molecule has 0 fully saturated rings. The topological polar surface area (TPSA) is 73.4 Å². The van der Waals surface area contributed by atoms with Crippen molar-refractivity contribution in [1.29, 1.82) is 5.41 Å². The summed E-state index contributed by atoms with van der Waals surface area (Å²) in [6.45, 7) is 0. The second-order valence-electron chi connectivity index (χ2n) is 2.57. The number of nitrogens with one attached hydrogen (secondary N) is 1. The van der Waals surface area contributed by atoms with Crippen LogP contribution < -0.4 is 10.6 Å². The summed E-state index contributed by atoms with van der Waals surface area (Å²) in [5, 5.41) is 7.29. The lowest BCUT2D eigenvalue weighted by atomic mass is 10.3. The molecule has 0 saturated carbocycles.